The molecule has 1 atom stereocenters. The molecule has 8 nitrogen and oxygen atoms in total. The third-order valence-corrected chi connectivity index (χ3v) is 4.92. The van der Waals surface area contributed by atoms with Gasteiger partial charge in [-0.3, -0.25) is 9.69 Å². The van der Waals surface area contributed by atoms with E-state index in [1.165, 1.54) is 12.8 Å². The Labute approximate surface area is 142 Å². The molecule has 3 rings (SSSR count). The minimum atomic E-state index is 0.0881. The lowest BCUT2D eigenvalue weighted by molar-refractivity contribution is -0.121. The number of ether oxygens (including phenoxy) is 1. The van der Waals surface area contributed by atoms with Gasteiger partial charge in [0, 0.05) is 19.6 Å². The van der Waals surface area contributed by atoms with E-state index in [4.69, 9.17) is 4.74 Å². The summed E-state index contributed by atoms with van der Waals surface area (Å²) < 4.78 is 7.10. The fourth-order valence-electron chi connectivity index (χ4n) is 3.27. The minimum absolute atomic E-state index is 0.0881. The smallest absolute Gasteiger partial charge is 0.220 e. The summed E-state index contributed by atoms with van der Waals surface area (Å²) in [5.74, 6) is 1.81. The molecule has 0 spiro atoms. The van der Waals surface area contributed by atoms with Gasteiger partial charge in [0.05, 0.1) is 19.2 Å². The van der Waals surface area contributed by atoms with E-state index in [9.17, 15) is 4.79 Å². The van der Waals surface area contributed by atoms with Crippen LogP contribution in [-0.2, 0) is 22.6 Å². The van der Waals surface area contributed by atoms with Crippen molar-refractivity contribution in [3.05, 3.63) is 5.82 Å². The Morgan fingerprint density at radius 3 is 2.92 bits per heavy atom. The number of amides is 1. The Balaban J connectivity index is 1.39. The second-order valence-electron chi connectivity index (χ2n) is 7.01. The highest BCUT2D eigenvalue weighted by molar-refractivity contribution is 5.76. The number of aryl methyl sites for hydroxylation is 1. The number of aromatic nitrogens is 4. The zero-order chi connectivity index (χ0) is 16.8. The average molecular weight is 336 g/mol. The van der Waals surface area contributed by atoms with Crippen molar-refractivity contribution in [1.29, 1.82) is 0 Å². The average Bonchev–Trinajstić information content (AvgIpc) is 3.22. The monoisotopic (exact) mass is 336 g/mol. The predicted molar refractivity (Wildman–Crippen MR) is 88.1 cm³/mol. The second-order valence-corrected chi connectivity index (χ2v) is 7.01. The molecule has 3 heterocycles. The molecular weight excluding hydrogens is 308 g/mol. The van der Waals surface area contributed by atoms with Crippen molar-refractivity contribution in [2.45, 2.75) is 58.2 Å². The van der Waals surface area contributed by atoms with Gasteiger partial charge in [-0.05, 0) is 55.1 Å². The minimum Gasteiger partial charge on any atom is -0.379 e. The maximum atomic E-state index is 11.9. The maximum Gasteiger partial charge on any atom is 0.220 e. The van der Waals surface area contributed by atoms with E-state index in [0.717, 1.165) is 50.8 Å². The third kappa shape index (κ3) is 4.98. The van der Waals surface area contributed by atoms with Gasteiger partial charge in [0.25, 0.3) is 0 Å². The summed E-state index contributed by atoms with van der Waals surface area (Å²) >= 11 is 0. The van der Waals surface area contributed by atoms with Crippen LogP contribution in [0.1, 0.15) is 44.9 Å². The molecule has 8 heteroatoms. The molecule has 134 valence electrons. The fourth-order valence-corrected chi connectivity index (χ4v) is 3.27. The summed E-state index contributed by atoms with van der Waals surface area (Å²) in [6.07, 6.45) is 4.64. The lowest BCUT2D eigenvalue weighted by Gasteiger charge is -2.29. The standard InChI is InChI=1S/C16H28N6O2/c1-13-4-8-21(9-5-13)11-15-18-19-20-22(15)7-2-3-16(23)17-14-6-10-24-12-14/h13-14H,2-12H2,1H3,(H,17,23). The van der Waals surface area contributed by atoms with Crippen molar-refractivity contribution in [2.75, 3.05) is 26.3 Å². The van der Waals surface area contributed by atoms with Crippen molar-refractivity contribution in [2.24, 2.45) is 5.92 Å². The van der Waals surface area contributed by atoms with Crippen molar-refractivity contribution < 1.29 is 9.53 Å². The maximum absolute atomic E-state index is 11.9. The molecule has 2 aliphatic heterocycles. The van der Waals surface area contributed by atoms with Crippen molar-refractivity contribution >= 4 is 5.91 Å². The summed E-state index contributed by atoms with van der Waals surface area (Å²) in [4.78, 5) is 14.3. The number of hydrogen-bond acceptors (Lipinski definition) is 6. The van der Waals surface area contributed by atoms with Gasteiger partial charge in [0.15, 0.2) is 5.82 Å². The number of piperidine rings is 1. The molecule has 1 aromatic heterocycles. The van der Waals surface area contributed by atoms with Crippen molar-refractivity contribution in [3.8, 4) is 0 Å². The molecule has 2 aliphatic rings. The Morgan fingerprint density at radius 1 is 1.33 bits per heavy atom. The number of tetrazole rings is 1. The molecule has 1 aromatic rings. The first-order chi connectivity index (χ1) is 11.7. The summed E-state index contributed by atoms with van der Waals surface area (Å²) in [6.45, 7) is 7.39. The lowest BCUT2D eigenvalue weighted by Crippen LogP contribution is -2.35. The summed E-state index contributed by atoms with van der Waals surface area (Å²) in [5.41, 5.74) is 0. The molecule has 2 saturated heterocycles. The Kier molecular flexibility index (Phi) is 6.14. The molecule has 2 fully saturated rings. The first-order valence-corrected chi connectivity index (χ1v) is 9.05. The predicted octanol–water partition coefficient (Wildman–Crippen LogP) is 0.590. The first-order valence-electron chi connectivity index (χ1n) is 9.05. The van der Waals surface area contributed by atoms with Gasteiger partial charge < -0.3 is 10.1 Å². The van der Waals surface area contributed by atoms with Gasteiger partial charge in [0.1, 0.15) is 0 Å². The number of nitrogens with zero attached hydrogens (tertiary/aromatic N) is 5. The van der Waals surface area contributed by atoms with Crippen LogP contribution in [-0.4, -0.2) is 63.4 Å². The SMILES string of the molecule is CC1CCN(Cc2nnnn2CCCC(=O)NC2CCOC2)CC1. The highest BCUT2D eigenvalue weighted by atomic mass is 16.5. The Morgan fingerprint density at radius 2 is 2.17 bits per heavy atom. The van der Waals surface area contributed by atoms with Crippen LogP contribution in [0.5, 0.6) is 0 Å². The van der Waals surface area contributed by atoms with Crippen LogP contribution < -0.4 is 5.32 Å². The zero-order valence-electron chi connectivity index (χ0n) is 14.5. The third-order valence-electron chi connectivity index (χ3n) is 4.92. The molecule has 0 saturated carbocycles. The zero-order valence-corrected chi connectivity index (χ0v) is 14.5. The molecule has 24 heavy (non-hydrogen) atoms. The van der Waals surface area contributed by atoms with Crippen LogP contribution in [0.2, 0.25) is 0 Å². The normalized spacial score (nSPS) is 22.8. The van der Waals surface area contributed by atoms with Gasteiger partial charge in [-0.15, -0.1) is 5.10 Å². The highest BCUT2D eigenvalue weighted by Crippen LogP contribution is 2.17. The van der Waals surface area contributed by atoms with Crippen LogP contribution in [0.4, 0.5) is 0 Å². The number of nitrogens with one attached hydrogen (secondary N) is 1. The van der Waals surface area contributed by atoms with Gasteiger partial charge in [-0.1, -0.05) is 6.92 Å². The Bertz CT molecular complexity index is 520. The van der Waals surface area contributed by atoms with Crippen molar-refractivity contribution in [1.82, 2.24) is 30.4 Å². The van der Waals surface area contributed by atoms with Gasteiger partial charge in [-0.2, -0.15) is 0 Å². The van der Waals surface area contributed by atoms with Crippen LogP contribution in [0.25, 0.3) is 0 Å². The van der Waals surface area contributed by atoms with Crippen LogP contribution in [0.3, 0.4) is 0 Å². The topological polar surface area (TPSA) is 85.2 Å². The summed E-state index contributed by atoms with van der Waals surface area (Å²) in [5, 5.41) is 15.0. The highest BCUT2D eigenvalue weighted by Gasteiger charge is 2.19. The lowest BCUT2D eigenvalue weighted by atomic mass is 9.99. The van der Waals surface area contributed by atoms with Gasteiger partial charge in [0.2, 0.25) is 5.91 Å². The van der Waals surface area contributed by atoms with Crippen LogP contribution >= 0.6 is 0 Å². The number of hydrogen-bond donors (Lipinski definition) is 1. The fraction of sp³-hybridized carbons (Fsp3) is 0.875. The van der Waals surface area contributed by atoms with E-state index in [1.807, 2.05) is 4.68 Å². The summed E-state index contributed by atoms with van der Waals surface area (Å²) in [6, 6.07) is 0.183. The van der Waals surface area contributed by atoms with E-state index < -0.39 is 0 Å². The largest absolute Gasteiger partial charge is 0.379 e. The van der Waals surface area contributed by atoms with E-state index in [1.54, 1.807) is 0 Å². The quantitative estimate of drug-likeness (QED) is 0.784. The van der Waals surface area contributed by atoms with Crippen LogP contribution in [0, 0.1) is 5.92 Å². The molecule has 0 bridgehead atoms. The number of likely N-dealkylation sites (tertiary alicyclic amines) is 1. The molecule has 1 unspecified atom stereocenters. The van der Waals surface area contributed by atoms with Crippen LogP contribution in [0.15, 0.2) is 0 Å². The first kappa shape index (κ1) is 17.3. The van der Waals surface area contributed by atoms with E-state index in [0.29, 0.717) is 19.6 Å². The number of carbonyl (C=O) groups excluding carboxylic acids is 1. The van der Waals surface area contributed by atoms with E-state index in [-0.39, 0.29) is 11.9 Å². The summed E-state index contributed by atoms with van der Waals surface area (Å²) in [7, 11) is 0. The molecule has 1 N–H and O–H groups in total. The van der Waals surface area contributed by atoms with Gasteiger partial charge >= 0.3 is 0 Å². The van der Waals surface area contributed by atoms with E-state index >= 15 is 0 Å². The number of carbonyl (C=O) groups is 1. The molecule has 1 amide bonds. The van der Waals surface area contributed by atoms with Gasteiger partial charge in [-0.25, -0.2) is 4.68 Å². The molecule has 0 radical (unpaired) electrons. The molecular formula is C16H28N6O2. The van der Waals surface area contributed by atoms with E-state index in [2.05, 4.69) is 32.7 Å². The second kappa shape index (κ2) is 8.53. The Hall–Kier alpha value is -1.54. The number of rotatable bonds is 7. The molecule has 0 aliphatic carbocycles. The molecule has 0 aromatic carbocycles. The van der Waals surface area contributed by atoms with Crippen molar-refractivity contribution in [3.63, 3.8) is 0 Å².